The number of nitrogens with zero attached hydrogens (tertiary/aromatic N) is 3. The fraction of sp³-hybridized carbons (Fsp3) is 0.265. The van der Waals surface area contributed by atoms with Crippen LogP contribution in [-0.2, 0) is 22.6 Å². The van der Waals surface area contributed by atoms with E-state index in [4.69, 9.17) is 37.4 Å². The number of halogens is 4. The van der Waals surface area contributed by atoms with E-state index in [-0.39, 0.29) is 45.7 Å². The van der Waals surface area contributed by atoms with Gasteiger partial charge in [-0.1, -0.05) is 35.3 Å². The number of carbonyl (C=O) groups is 3. The fourth-order valence-electron chi connectivity index (χ4n) is 5.05. The molecule has 0 radical (unpaired) electrons. The second-order valence-corrected chi connectivity index (χ2v) is 12.0. The second-order valence-electron chi connectivity index (χ2n) is 11.2. The summed E-state index contributed by atoms with van der Waals surface area (Å²) in [4.78, 5) is 48.7. The minimum absolute atomic E-state index is 0.0366. The van der Waals surface area contributed by atoms with Crippen molar-refractivity contribution in [2.24, 2.45) is 5.92 Å². The van der Waals surface area contributed by atoms with Crippen LogP contribution in [-0.4, -0.2) is 52.4 Å². The third-order valence-corrected chi connectivity index (χ3v) is 8.35. The standard InChI is InChI=1S/C34H27Cl2F2N3O7/c35-26-14-40-15-27(36)25(26)12-29(21-5-8-28(48-34(37)38)30(10-21)46-17-19-3-4-19)47-31(42)16-41-32(43)23-7-6-22(11-24(23)33(41)44)45-18-20-2-1-9-39-13-20/h1-2,5-11,13-15,19,29,34H,3-4,12,16-18H2/t29-/m0/s1. The molecule has 1 saturated carbocycles. The maximum absolute atomic E-state index is 13.4. The Balaban J connectivity index is 1.21. The molecule has 1 aliphatic heterocycles. The van der Waals surface area contributed by atoms with Crippen molar-refractivity contribution in [3.8, 4) is 17.2 Å². The normalized spacial score (nSPS) is 14.6. The van der Waals surface area contributed by atoms with Crippen molar-refractivity contribution >= 4 is 41.0 Å². The van der Waals surface area contributed by atoms with Crippen molar-refractivity contribution in [3.63, 3.8) is 0 Å². The van der Waals surface area contributed by atoms with Crippen LogP contribution in [0.2, 0.25) is 10.0 Å². The fourth-order valence-corrected chi connectivity index (χ4v) is 5.57. The van der Waals surface area contributed by atoms with E-state index in [9.17, 15) is 23.2 Å². The van der Waals surface area contributed by atoms with E-state index < -0.39 is 37.0 Å². The summed E-state index contributed by atoms with van der Waals surface area (Å²) in [5.74, 6) is -1.78. The minimum atomic E-state index is -3.09. The number of hydrogen-bond acceptors (Lipinski definition) is 9. The van der Waals surface area contributed by atoms with Gasteiger partial charge in [0.25, 0.3) is 11.8 Å². The van der Waals surface area contributed by atoms with Crippen LogP contribution >= 0.6 is 23.2 Å². The average Bonchev–Trinajstić information content (AvgIpc) is 3.88. The molecule has 1 aliphatic carbocycles. The zero-order valence-electron chi connectivity index (χ0n) is 25.1. The highest BCUT2D eigenvalue weighted by atomic mass is 35.5. The molecule has 0 spiro atoms. The van der Waals surface area contributed by atoms with Gasteiger partial charge in [-0.2, -0.15) is 8.78 Å². The van der Waals surface area contributed by atoms with Crippen LogP contribution < -0.4 is 14.2 Å². The first-order valence-electron chi connectivity index (χ1n) is 14.9. The molecule has 2 amide bonds. The zero-order valence-corrected chi connectivity index (χ0v) is 26.6. The molecule has 248 valence electrons. The van der Waals surface area contributed by atoms with Gasteiger partial charge in [0.1, 0.15) is 25.0 Å². The number of pyridine rings is 2. The lowest BCUT2D eigenvalue weighted by molar-refractivity contribution is -0.149. The number of rotatable bonds is 14. The number of fused-ring (bicyclic) bond motifs is 1. The van der Waals surface area contributed by atoms with Crippen molar-refractivity contribution in [1.82, 2.24) is 14.9 Å². The smallest absolute Gasteiger partial charge is 0.387 e. The molecule has 0 N–H and O–H groups in total. The summed E-state index contributed by atoms with van der Waals surface area (Å²) in [7, 11) is 0. The maximum Gasteiger partial charge on any atom is 0.387 e. The Morgan fingerprint density at radius 1 is 0.917 bits per heavy atom. The summed E-state index contributed by atoms with van der Waals surface area (Å²) < 4.78 is 48.4. The third kappa shape index (κ3) is 7.83. The highest BCUT2D eigenvalue weighted by Gasteiger charge is 2.38. The van der Waals surface area contributed by atoms with Gasteiger partial charge in [-0.15, -0.1) is 0 Å². The molecule has 14 heteroatoms. The lowest BCUT2D eigenvalue weighted by atomic mass is 10.0. The number of aromatic nitrogens is 2. The summed E-state index contributed by atoms with van der Waals surface area (Å²) >= 11 is 12.7. The van der Waals surface area contributed by atoms with Gasteiger partial charge >= 0.3 is 12.6 Å². The minimum Gasteiger partial charge on any atom is -0.489 e. The molecular formula is C34H27Cl2F2N3O7. The molecule has 1 fully saturated rings. The third-order valence-electron chi connectivity index (χ3n) is 7.70. The Morgan fingerprint density at radius 2 is 1.69 bits per heavy atom. The molecular weight excluding hydrogens is 671 g/mol. The molecule has 2 aliphatic rings. The van der Waals surface area contributed by atoms with Crippen molar-refractivity contribution < 1.29 is 42.1 Å². The molecule has 6 rings (SSSR count). The number of amides is 2. The Labute approximate surface area is 283 Å². The van der Waals surface area contributed by atoms with E-state index in [0.717, 1.165) is 23.3 Å². The van der Waals surface area contributed by atoms with Gasteiger partial charge in [0.05, 0.1) is 27.8 Å². The quantitative estimate of drug-likeness (QED) is 0.103. The Morgan fingerprint density at radius 3 is 2.40 bits per heavy atom. The van der Waals surface area contributed by atoms with Crippen LogP contribution in [0.25, 0.3) is 0 Å². The summed E-state index contributed by atoms with van der Waals surface area (Å²) in [6.07, 6.45) is 6.80. The Hall–Kier alpha value is -4.81. The SMILES string of the molecule is O=C(CN1C(=O)c2ccc(OCc3cccnc3)cc2C1=O)O[C@@H](Cc1c(Cl)cncc1Cl)c1ccc(OC(F)F)c(OCC2CC2)c1. The van der Waals surface area contributed by atoms with Crippen molar-refractivity contribution in [3.05, 3.63) is 111 Å². The van der Waals surface area contributed by atoms with Gasteiger partial charge in [0.2, 0.25) is 0 Å². The molecule has 0 saturated heterocycles. The van der Waals surface area contributed by atoms with E-state index in [1.54, 1.807) is 24.5 Å². The summed E-state index contributed by atoms with van der Waals surface area (Å²) in [5.41, 5.74) is 1.75. The van der Waals surface area contributed by atoms with Crippen LogP contribution in [0, 0.1) is 5.92 Å². The number of benzene rings is 2. The number of ether oxygens (including phenoxy) is 4. The first kappa shape index (κ1) is 33.1. The highest BCUT2D eigenvalue weighted by molar-refractivity contribution is 6.35. The molecule has 1 atom stereocenters. The molecule has 10 nitrogen and oxygen atoms in total. The monoisotopic (exact) mass is 697 g/mol. The molecule has 4 aromatic rings. The van der Waals surface area contributed by atoms with Crippen LogP contribution in [0.5, 0.6) is 17.2 Å². The molecule has 48 heavy (non-hydrogen) atoms. The van der Waals surface area contributed by atoms with E-state index in [0.29, 0.717) is 29.4 Å². The number of imide groups is 1. The average molecular weight is 699 g/mol. The highest BCUT2D eigenvalue weighted by Crippen LogP contribution is 2.38. The van der Waals surface area contributed by atoms with Gasteiger partial charge in [-0.3, -0.25) is 29.3 Å². The van der Waals surface area contributed by atoms with E-state index in [1.165, 1.54) is 42.7 Å². The number of alkyl halides is 2. The lowest BCUT2D eigenvalue weighted by Crippen LogP contribution is -2.36. The van der Waals surface area contributed by atoms with E-state index in [1.807, 2.05) is 6.07 Å². The topological polar surface area (TPSA) is 117 Å². The van der Waals surface area contributed by atoms with Gasteiger partial charge in [0, 0.05) is 36.8 Å². The summed E-state index contributed by atoms with van der Waals surface area (Å²) in [5, 5.41) is 0.404. The number of esters is 1. The Kier molecular flexibility index (Phi) is 10.0. The van der Waals surface area contributed by atoms with E-state index >= 15 is 0 Å². The summed E-state index contributed by atoms with van der Waals surface area (Å²) in [6, 6.07) is 12.2. The van der Waals surface area contributed by atoms with Gasteiger partial charge in [-0.05, 0) is 66.3 Å². The molecule has 0 bridgehead atoms. The maximum atomic E-state index is 13.4. The predicted molar refractivity (Wildman–Crippen MR) is 168 cm³/mol. The van der Waals surface area contributed by atoms with Crippen LogP contribution in [0.15, 0.2) is 73.3 Å². The van der Waals surface area contributed by atoms with Crippen molar-refractivity contribution in [1.29, 1.82) is 0 Å². The summed E-state index contributed by atoms with van der Waals surface area (Å²) in [6.45, 7) is -3.30. The second kappa shape index (κ2) is 14.5. The first-order valence-corrected chi connectivity index (χ1v) is 15.6. The number of hydrogen-bond donors (Lipinski definition) is 0. The van der Waals surface area contributed by atoms with E-state index in [2.05, 4.69) is 14.7 Å². The zero-order chi connectivity index (χ0) is 33.8. The molecule has 3 heterocycles. The van der Waals surface area contributed by atoms with Gasteiger partial charge in [-0.25, -0.2) is 0 Å². The van der Waals surface area contributed by atoms with Gasteiger partial charge < -0.3 is 18.9 Å². The lowest BCUT2D eigenvalue weighted by Gasteiger charge is -2.22. The van der Waals surface area contributed by atoms with Crippen LogP contribution in [0.3, 0.4) is 0 Å². The molecule has 2 aromatic heterocycles. The number of carbonyl (C=O) groups excluding carboxylic acids is 3. The van der Waals surface area contributed by atoms with Crippen molar-refractivity contribution in [2.45, 2.75) is 38.6 Å². The van der Waals surface area contributed by atoms with Crippen molar-refractivity contribution in [2.75, 3.05) is 13.2 Å². The molecule has 2 aromatic carbocycles. The van der Waals surface area contributed by atoms with Crippen LogP contribution in [0.1, 0.15) is 56.4 Å². The largest absolute Gasteiger partial charge is 0.489 e. The predicted octanol–water partition coefficient (Wildman–Crippen LogP) is 6.88. The Bertz CT molecular complexity index is 1820. The van der Waals surface area contributed by atoms with Gasteiger partial charge in [0.15, 0.2) is 11.5 Å². The first-order chi connectivity index (χ1) is 23.2. The van der Waals surface area contributed by atoms with Crippen LogP contribution in [0.4, 0.5) is 8.78 Å². The molecule has 0 unspecified atom stereocenters.